The predicted octanol–water partition coefficient (Wildman–Crippen LogP) is 5.86. The van der Waals surface area contributed by atoms with Gasteiger partial charge in [0.25, 0.3) is 5.91 Å². The number of carbonyl (C=O) groups is 1. The number of hydrogen-bond donors (Lipinski definition) is 1. The second kappa shape index (κ2) is 7.50. The average Bonchev–Trinajstić information content (AvgIpc) is 3.06. The quantitative estimate of drug-likeness (QED) is 0.413. The summed E-state index contributed by atoms with van der Waals surface area (Å²) in [7, 11) is 0. The van der Waals surface area contributed by atoms with Crippen molar-refractivity contribution in [3.05, 3.63) is 89.1 Å². The number of halogens is 5. The van der Waals surface area contributed by atoms with Gasteiger partial charge in [-0.3, -0.25) is 9.20 Å². The van der Waals surface area contributed by atoms with Crippen molar-refractivity contribution in [2.75, 3.05) is 5.32 Å². The molecule has 0 aliphatic carbocycles. The van der Waals surface area contributed by atoms with Crippen molar-refractivity contribution >= 4 is 17.4 Å². The van der Waals surface area contributed by atoms with Gasteiger partial charge in [-0.15, -0.1) is 0 Å². The SMILES string of the molecule is Cc1ccn2c(NC(=O)c3ccc(C(F)(F)F)cc3)c(-c3cccc(F)c3F)nc2c1. The van der Waals surface area contributed by atoms with Crippen LogP contribution < -0.4 is 5.32 Å². The summed E-state index contributed by atoms with van der Waals surface area (Å²) in [6.07, 6.45) is -2.93. The molecule has 2 heterocycles. The monoisotopic (exact) mass is 431 g/mol. The third kappa shape index (κ3) is 3.86. The van der Waals surface area contributed by atoms with Crippen LogP contribution in [0.4, 0.5) is 27.8 Å². The molecule has 0 aliphatic rings. The number of pyridine rings is 1. The number of aryl methyl sites for hydroxylation is 1. The van der Waals surface area contributed by atoms with Crippen molar-refractivity contribution in [2.45, 2.75) is 13.1 Å². The smallest absolute Gasteiger partial charge is 0.306 e. The number of fused-ring (bicyclic) bond motifs is 1. The predicted molar refractivity (Wildman–Crippen MR) is 105 cm³/mol. The van der Waals surface area contributed by atoms with Crippen LogP contribution in [0, 0.1) is 18.6 Å². The summed E-state index contributed by atoms with van der Waals surface area (Å²) < 4.78 is 68.0. The number of amides is 1. The third-order valence-corrected chi connectivity index (χ3v) is 4.69. The molecule has 9 heteroatoms. The summed E-state index contributed by atoms with van der Waals surface area (Å²) in [5, 5.41) is 2.56. The van der Waals surface area contributed by atoms with Crippen LogP contribution in [-0.2, 0) is 6.18 Å². The number of hydrogen-bond acceptors (Lipinski definition) is 2. The molecular formula is C22H14F5N3O. The molecule has 4 rings (SSSR count). The summed E-state index contributed by atoms with van der Waals surface area (Å²) in [6, 6.07) is 10.7. The maximum absolute atomic E-state index is 14.4. The molecule has 0 saturated heterocycles. The van der Waals surface area contributed by atoms with Crippen LogP contribution in [0.1, 0.15) is 21.5 Å². The minimum Gasteiger partial charge on any atom is -0.306 e. The van der Waals surface area contributed by atoms with Crippen molar-refractivity contribution < 1.29 is 26.7 Å². The normalized spacial score (nSPS) is 11.7. The first-order valence-corrected chi connectivity index (χ1v) is 9.07. The van der Waals surface area contributed by atoms with Crippen LogP contribution in [-0.4, -0.2) is 15.3 Å². The van der Waals surface area contributed by atoms with Gasteiger partial charge in [0, 0.05) is 17.3 Å². The number of nitrogens with zero attached hydrogens (tertiary/aromatic N) is 2. The van der Waals surface area contributed by atoms with Gasteiger partial charge in [-0.1, -0.05) is 6.07 Å². The summed E-state index contributed by atoms with van der Waals surface area (Å²) >= 11 is 0. The van der Waals surface area contributed by atoms with E-state index in [1.807, 2.05) is 6.92 Å². The number of imidazole rings is 1. The van der Waals surface area contributed by atoms with Crippen molar-refractivity contribution in [1.29, 1.82) is 0 Å². The summed E-state index contributed by atoms with van der Waals surface area (Å²) in [4.78, 5) is 17.0. The Labute approximate surface area is 173 Å². The molecule has 158 valence electrons. The fourth-order valence-corrected chi connectivity index (χ4v) is 3.13. The second-order valence-electron chi connectivity index (χ2n) is 6.87. The van der Waals surface area contributed by atoms with Gasteiger partial charge in [0.2, 0.25) is 0 Å². The van der Waals surface area contributed by atoms with Crippen molar-refractivity contribution in [3.8, 4) is 11.3 Å². The standard InChI is InChI=1S/C22H14F5N3O/c1-12-9-10-30-17(11-12)28-19(15-3-2-4-16(23)18(15)24)20(30)29-21(31)13-5-7-14(8-6-13)22(25,26)27/h2-11H,1H3,(H,29,31). The largest absolute Gasteiger partial charge is 0.416 e. The number of benzene rings is 2. The van der Waals surface area contributed by atoms with E-state index < -0.39 is 29.3 Å². The number of alkyl halides is 3. The molecule has 4 aromatic rings. The molecular weight excluding hydrogens is 417 g/mol. The van der Waals surface area contributed by atoms with E-state index in [-0.39, 0.29) is 22.6 Å². The van der Waals surface area contributed by atoms with E-state index >= 15 is 0 Å². The van der Waals surface area contributed by atoms with Gasteiger partial charge in [-0.25, -0.2) is 13.8 Å². The highest BCUT2D eigenvalue weighted by Crippen LogP contribution is 2.33. The van der Waals surface area contributed by atoms with Crippen LogP contribution in [0.3, 0.4) is 0 Å². The van der Waals surface area contributed by atoms with Gasteiger partial charge >= 0.3 is 6.18 Å². The molecule has 2 aromatic carbocycles. The first-order chi connectivity index (χ1) is 14.6. The van der Waals surface area contributed by atoms with Crippen molar-refractivity contribution in [3.63, 3.8) is 0 Å². The van der Waals surface area contributed by atoms with Gasteiger partial charge in [0.05, 0.1) is 5.56 Å². The lowest BCUT2D eigenvalue weighted by molar-refractivity contribution is -0.137. The molecule has 31 heavy (non-hydrogen) atoms. The first-order valence-electron chi connectivity index (χ1n) is 9.07. The molecule has 0 spiro atoms. The Morgan fingerprint density at radius 2 is 1.74 bits per heavy atom. The molecule has 0 bridgehead atoms. The van der Waals surface area contributed by atoms with Crippen molar-refractivity contribution in [1.82, 2.24) is 9.38 Å². The number of anilines is 1. The molecule has 0 unspecified atom stereocenters. The Morgan fingerprint density at radius 1 is 1.03 bits per heavy atom. The number of nitrogens with one attached hydrogen (secondary N) is 1. The zero-order valence-electron chi connectivity index (χ0n) is 16.0. The van der Waals surface area contributed by atoms with Gasteiger partial charge in [0.15, 0.2) is 11.6 Å². The number of aromatic nitrogens is 2. The van der Waals surface area contributed by atoms with Crippen molar-refractivity contribution in [2.24, 2.45) is 0 Å². The maximum atomic E-state index is 14.4. The molecule has 0 fully saturated rings. The van der Waals surface area contributed by atoms with E-state index in [9.17, 15) is 26.7 Å². The van der Waals surface area contributed by atoms with Gasteiger partial charge in [0.1, 0.15) is 17.2 Å². The fraction of sp³-hybridized carbons (Fsp3) is 0.0909. The molecule has 0 aliphatic heterocycles. The fourth-order valence-electron chi connectivity index (χ4n) is 3.13. The summed E-state index contributed by atoms with van der Waals surface area (Å²) in [6.45, 7) is 1.82. The summed E-state index contributed by atoms with van der Waals surface area (Å²) in [5.41, 5.74) is 0.121. The Bertz CT molecular complexity index is 1290. The van der Waals surface area contributed by atoms with Gasteiger partial charge < -0.3 is 5.32 Å². The molecule has 1 amide bonds. The van der Waals surface area contributed by atoms with E-state index in [2.05, 4.69) is 10.3 Å². The second-order valence-corrected chi connectivity index (χ2v) is 6.87. The lowest BCUT2D eigenvalue weighted by Gasteiger charge is -2.10. The van der Waals surface area contributed by atoms with Crippen LogP contribution in [0.15, 0.2) is 60.8 Å². The lowest BCUT2D eigenvalue weighted by atomic mass is 10.1. The Balaban J connectivity index is 1.79. The first kappa shape index (κ1) is 20.5. The van der Waals surface area contributed by atoms with E-state index in [1.165, 1.54) is 16.5 Å². The maximum Gasteiger partial charge on any atom is 0.416 e. The Hall–Kier alpha value is -3.75. The minimum absolute atomic E-state index is 0.0112. The van der Waals surface area contributed by atoms with E-state index in [4.69, 9.17) is 0 Å². The number of carbonyl (C=O) groups excluding carboxylic acids is 1. The molecule has 0 atom stereocenters. The number of rotatable bonds is 3. The van der Waals surface area contributed by atoms with E-state index in [0.717, 1.165) is 35.9 Å². The van der Waals surface area contributed by atoms with Crippen LogP contribution in [0.25, 0.3) is 16.9 Å². The molecule has 1 N–H and O–H groups in total. The zero-order valence-corrected chi connectivity index (χ0v) is 16.0. The Morgan fingerprint density at radius 3 is 2.42 bits per heavy atom. The highest BCUT2D eigenvalue weighted by atomic mass is 19.4. The van der Waals surface area contributed by atoms with E-state index in [0.29, 0.717) is 5.65 Å². The average molecular weight is 431 g/mol. The minimum atomic E-state index is -4.53. The summed E-state index contributed by atoms with van der Waals surface area (Å²) in [5.74, 6) is -2.88. The van der Waals surface area contributed by atoms with Crippen LogP contribution in [0.2, 0.25) is 0 Å². The third-order valence-electron chi connectivity index (χ3n) is 4.69. The lowest BCUT2D eigenvalue weighted by Crippen LogP contribution is -2.15. The van der Waals surface area contributed by atoms with Crippen LogP contribution in [0.5, 0.6) is 0 Å². The zero-order chi connectivity index (χ0) is 22.3. The molecule has 0 radical (unpaired) electrons. The van der Waals surface area contributed by atoms with Gasteiger partial charge in [-0.05, 0) is 61.0 Å². The topological polar surface area (TPSA) is 46.4 Å². The Kier molecular flexibility index (Phi) is 4.96. The highest BCUT2D eigenvalue weighted by Gasteiger charge is 2.30. The molecule has 4 nitrogen and oxygen atoms in total. The highest BCUT2D eigenvalue weighted by molar-refractivity contribution is 6.05. The van der Waals surface area contributed by atoms with Gasteiger partial charge in [-0.2, -0.15) is 13.2 Å². The van der Waals surface area contributed by atoms with E-state index in [1.54, 1.807) is 18.3 Å². The van der Waals surface area contributed by atoms with Crippen LogP contribution >= 0.6 is 0 Å². The molecule has 0 saturated carbocycles. The molecule has 2 aromatic heterocycles.